The lowest BCUT2D eigenvalue weighted by atomic mass is 10.1. The molecule has 0 bridgehead atoms. The van der Waals surface area contributed by atoms with Crippen molar-refractivity contribution < 1.29 is 4.39 Å². The van der Waals surface area contributed by atoms with E-state index in [1.165, 1.54) is 12.1 Å². The molecule has 2 N–H and O–H groups in total. The van der Waals surface area contributed by atoms with Crippen LogP contribution in [-0.2, 0) is 0 Å². The lowest BCUT2D eigenvalue weighted by Crippen LogP contribution is -1.96. The van der Waals surface area contributed by atoms with E-state index < -0.39 is 5.82 Å². The number of aromatic nitrogens is 1. The molecule has 2 nitrogen and oxygen atoms in total. The molecule has 1 heterocycles. The Morgan fingerprint density at radius 2 is 2.06 bits per heavy atom. The first-order valence-corrected chi connectivity index (χ1v) is 5.13. The Balaban J connectivity index is 2.63. The minimum Gasteiger partial charge on any atom is -0.397 e. The molecule has 16 heavy (non-hydrogen) atoms. The molecule has 4 heteroatoms. The number of nitrogens with two attached hydrogens (primary N) is 1. The molecule has 0 aliphatic heterocycles. The van der Waals surface area contributed by atoms with Crippen LogP contribution in [0.4, 0.5) is 10.1 Å². The Labute approximate surface area is 97.9 Å². The summed E-state index contributed by atoms with van der Waals surface area (Å²) in [6.07, 6.45) is 1.64. The molecular formula is C12H10ClFN2. The van der Waals surface area contributed by atoms with E-state index in [0.29, 0.717) is 22.0 Å². The van der Waals surface area contributed by atoms with Crippen LogP contribution in [0.2, 0.25) is 5.02 Å². The van der Waals surface area contributed by atoms with Gasteiger partial charge >= 0.3 is 0 Å². The van der Waals surface area contributed by atoms with Crippen LogP contribution < -0.4 is 5.73 Å². The van der Waals surface area contributed by atoms with Crippen LogP contribution in [0.15, 0.2) is 30.5 Å². The third-order valence-electron chi connectivity index (χ3n) is 2.34. The number of aryl methyl sites for hydroxylation is 1. The zero-order chi connectivity index (χ0) is 11.7. The predicted molar refractivity (Wildman–Crippen MR) is 63.8 cm³/mol. The van der Waals surface area contributed by atoms with Crippen molar-refractivity contribution >= 4 is 17.3 Å². The molecule has 0 unspecified atom stereocenters. The van der Waals surface area contributed by atoms with Crippen LogP contribution >= 0.6 is 11.6 Å². The molecule has 0 aliphatic carbocycles. The smallest absolute Gasteiger partial charge is 0.125 e. The van der Waals surface area contributed by atoms with E-state index in [1.807, 2.05) is 6.92 Å². The Hall–Kier alpha value is -1.61. The van der Waals surface area contributed by atoms with Gasteiger partial charge in [0.2, 0.25) is 0 Å². The number of benzene rings is 1. The molecule has 82 valence electrons. The zero-order valence-corrected chi connectivity index (χ0v) is 9.42. The first kappa shape index (κ1) is 10.9. The highest BCUT2D eigenvalue weighted by Crippen LogP contribution is 2.28. The molecule has 0 atom stereocenters. The molecular weight excluding hydrogens is 227 g/mol. The highest BCUT2D eigenvalue weighted by Gasteiger charge is 2.08. The summed E-state index contributed by atoms with van der Waals surface area (Å²) in [6, 6.07) is 6.06. The van der Waals surface area contributed by atoms with Crippen molar-refractivity contribution in [2.75, 3.05) is 5.73 Å². The molecule has 1 aromatic carbocycles. The SMILES string of the molecule is Cc1ccnc(-c2cc(F)cc(Cl)c2)c1N. The van der Waals surface area contributed by atoms with Gasteiger partial charge in [0, 0.05) is 16.8 Å². The van der Waals surface area contributed by atoms with Crippen LogP contribution in [0.25, 0.3) is 11.3 Å². The van der Waals surface area contributed by atoms with Crippen LogP contribution in [0.5, 0.6) is 0 Å². The fraction of sp³-hybridized carbons (Fsp3) is 0.0833. The van der Waals surface area contributed by atoms with Crippen LogP contribution in [0.1, 0.15) is 5.56 Å². The van der Waals surface area contributed by atoms with Gasteiger partial charge < -0.3 is 5.73 Å². The Kier molecular flexibility index (Phi) is 2.79. The maximum Gasteiger partial charge on any atom is 0.125 e. The summed E-state index contributed by atoms with van der Waals surface area (Å²) >= 11 is 5.78. The molecule has 0 saturated carbocycles. The number of hydrogen-bond donors (Lipinski definition) is 1. The van der Waals surface area contributed by atoms with E-state index in [1.54, 1.807) is 18.3 Å². The average molecular weight is 237 g/mol. The van der Waals surface area contributed by atoms with E-state index in [9.17, 15) is 4.39 Å². The summed E-state index contributed by atoms with van der Waals surface area (Å²) in [7, 11) is 0. The molecule has 1 aromatic heterocycles. The van der Waals surface area contributed by atoms with Gasteiger partial charge in [0.1, 0.15) is 5.82 Å². The van der Waals surface area contributed by atoms with Gasteiger partial charge in [-0.15, -0.1) is 0 Å². The summed E-state index contributed by atoms with van der Waals surface area (Å²) in [5, 5.41) is 0.331. The second kappa shape index (κ2) is 4.10. The van der Waals surface area contributed by atoms with Crippen LogP contribution in [-0.4, -0.2) is 4.98 Å². The number of anilines is 1. The molecule has 2 aromatic rings. The number of nitrogens with zero attached hydrogens (tertiary/aromatic N) is 1. The molecule has 0 saturated heterocycles. The highest BCUT2D eigenvalue weighted by molar-refractivity contribution is 6.30. The lowest BCUT2D eigenvalue weighted by Gasteiger charge is -2.07. The van der Waals surface area contributed by atoms with Crippen LogP contribution in [0.3, 0.4) is 0 Å². The summed E-state index contributed by atoms with van der Waals surface area (Å²) in [5.74, 6) is -0.398. The van der Waals surface area contributed by atoms with Crippen molar-refractivity contribution in [3.8, 4) is 11.3 Å². The first-order valence-electron chi connectivity index (χ1n) is 4.75. The Morgan fingerprint density at radius 3 is 2.75 bits per heavy atom. The average Bonchev–Trinajstić information content (AvgIpc) is 2.20. The van der Waals surface area contributed by atoms with Gasteiger partial charge in [0.25, 0.3) is 0 Å². The standard InChI is InChI=1S/C12H10ClFN2/c1-7-2-3-16-12(11(7)15)8-4-9(13)6-10(14)5-8/h2-6H,15H2,1H3. The quantitative estimate of drug-likeness (QED) is 0.824. The van der Waals surface area contributed by atoms with Crippen LogP contribution in [0, 0.1) is 12.7 Å². The maximum absolute atomic E-state index is 13.2. The van der Waals surface area contributed by atoms with E-state index in [-0.39, 0.29) is 0 Å². The number of halogens is 2. The molecule has 0 aliphatic rings. The van der Waals surface area contributed by atoms with Crippen molar-refractivity contribution in [2.45, 2.75) is 6.92 Å². The molecule has 0 spiro atoms. The summed E-state index contributed by atoms with van der Waals surface area (Å²) in [6.45, 7) is 1.88. The number of hydrogen-bond acceptors (Lipinski definition) is 2. The van der Waals surface area contributed by atoms with E-state index >= 15 is 0 Å². The maximum atomic E-state index is 13.2. The van der Waals surface area contributed by atoms with Crippen molar-refractivity contribution in [3.05, 3.63) is 46.9 Å². The topological polar surface area (TPSA) is 38.9 Å². The Bertz CT molecular complexity index is 520. The fourth-order valence-corrected chi connectivity index (χ4v) is 1.71. The largest absolute Gasteiger partial charge is 0.397 e. The molecule has 2 rings (SSSR count). The third-order valence-corrected chi connectivity index (χ3v) is 2.56. The summed E-state index contributed by atoms with van der Waals surface area (Å²) < 4.78 is 13.2. The van der Waals surface area contributed by atoms with Gasteiger partial charge in [-0.3, -0.25) is 4.98 Å². The van der Waals surface area contributed by atoms with E-state index in [0.717, 1.165) is 5.56 Å². The second-order valence-electron chi connectivity index (χ2n) is 3.55. The number of rotatable bonds is 1. The minimum absolute atomic E-state index is 0.331. The second-order valence-corrected chi connectivity index (χ2v) is 3.98. The summed E-state index contributed by atoms with van der Waals surface area (Å²) in [4.78, 5) is 4.14. The molecule has 0 fully saturated rings. The molecule has 0 amide bonds. The van der Waals surface area contributed by atoms with Gasteiger partial charge in [-0.25, -0.2) is 4.39 Å². The number of pyridine rings is 1. The van der Waals surface area contributed by atoms with E-state index in [4.69, 9.17) is 17.3 Å². The van der Waals surface area contributed by atoms with Gasteiger partial charge in [-0.05, 0) is 36.8 Å². The normalized spacial score (nSPS) is 10.4. The van der Waals surface area contributed by atoms with Gasteiger partial charge in [0.05, 0.1) is 11.4 Å². The van der Waals surface area contributed by atoms with Crippen molar-refractivity contribution in [2.24, 2.45) is 0 Å². The summed E-state index contributed by atoms with van der Waals surface area (Å²) in [5.41, 5.74) is 8.49. The van der Waals surface area contributed by atoms with E-state index in [2.05, 4.69) is 4.98 Å². The third kappa shape index (κ3) is 1.99. The Morgan fingerprint density at radius 1 is 1.31 bits per heavy atom. The lowest BCUT2D eigenvalue weighted by molar-refractivity contribution is 0.628. The van der Waals surface area contributed by atoms with Crippen molar-refractivity contribution in [3.63, 3.8) is 0 Å². The predicted octanol–water partition coefficient (Wildman–Crippen LogP) is 3.43. The van der Waals surface area contributed by atoms with Gasteiger partial charge in [-0.2, -0.15) is 0 Å². The fourth-order valence-electron chi connectivity index (χ4n) is 1.49. The van der Waals surface area contributed by atoms with Crippen molar-refractivity contribution in [1.82, 2.24) is 4.98 Å². The first-order chi connectivity index (χ1) is 7.58. The number of nitrogen functional groups attached to an aromatic ring is 1. The monoisotopic (exact) mass is 236 g/mol. The highest BCUT2D eigenvalue weighted by atomic mass is 35.5. The zero-order valence-electron chi connectivity index (χ0n) is 8.67. The minimum atomic E-state index is -0.398. The van der Waals surface area contributed by atoms with Gasteiger partial charge in [0.15, 0.2) is 0 Å². The van der Waals surface area contributed by atoms with Gasteiger partial charge in [-0.1, -0.05) is 11.6 Å². The molecule has 0 radical (unpaired) electrons. The van der Waals surface area contributed by atoms with Crippen molar-refractivity contribution in [1.29, 1.82) is 0 Å².